The number of carbonyl (C=O) groups excluding carboxylic acids is 1. The molecule has 1 N–H and O–H groups in total. The Hall–Kier alpha value is -2.33. The van der Waals surface area contributed by atoms with E-state index in [-0.39, 0.29) is 18.0 Å². The molecule has 3 atom stereocenters. The summed E-state index contributed by atoms with van der Waals surface area (Å²) in [5, 5.41) is 9.86. The van der Waals surface area contributed by atoms with Gasteiger partial charge in [0.2, 0.25) is 5.91 Å². The first-order valence-electron chi connectivity index (χ1n) is 10.6. The van der Waals surface area contributed by atoms with E-state index in [1.54, 1.807) is 0 Å². The smallest absolute Gasteiger partial charge is 0.245 e. The van der Waals surface area contributed by atoms with Gasteiger partial charge in [0.25, 0.3) is 0 Å². The van der Waals surface area contributed by atoms with Crippen LogP contribution in [0.5, 0.6) is 0 Å². The molecule has 1 heterocycles. The van der Waals surface area contributed by atoms with Crippen LogP contribution in [0.4, 0.5) is 0 Å². The minimum Gasteiger partial charge on any atom is -0.351 e. The molecule has 1 amide bonds. The largest absolute Gasteiger partial charge is 0.351 e. The highest BCUT2D eigenvalue weighted by Crippen LogP contribution is 2.33. The van der Waals surface area contributed by atoms with E-state index >= 15 is 0 Å². The number of halogens is 1. The quantitative estimate of drug-likeness (QED) is 0.561. The fraction of sp³-hybridized carbons (Fsp3) is 0.417. The maximum absolute atomic E-state index is 13.2. The van der Waals surface area contributed by atoms with E-state index < -0.39 is 0 Å². The van der Waals surface area contributed by atoms with Gasteiger partial charge in [-0.05, 0) is 43.4 Å². The number of aromatic nitrogens is 2. The Morgan fingerprint density at radius 2 is 1.97 bits per heavy atom. The van der Waals surface area contributed by atoms with Gasteiger partial charge in [0.1, 0.15) is 11.7 Å². The zero-order chi connectivity index (χ0) is 20.4. The van der Waals surface area contributed by atoms with Gasteiger partial charge in [0.15, 0.2) is 0 Å². The average molecular weight is 410 g/mol. The maximum atomic E-state index is 13.2. The summed E-state index contributed by atoms with van der Waals surface area (Å²) >= 11 is 6.29. The Morgan fingerprint density at radius 1 is 1.21 bits per heavy atom. The van der Waals surface area contributed by atoms with E-state index in [2.05, 4.69) is 12.2 Å². The van der Waals surface area contributed by atoms with Crippen LogP contribution in [0.3, 0.4) is 0 Å². The summed E-state index contributed by atoms with van der Waals surface area (Å²) < 4.78 is 1.89. The molecule has 3 unspecified atom stereocenters. The standard InChI is InChI=1S/C24H28ClN3O/c1-3-21(24(29)26-20-12-8-7-9-16(20)2)28-22-14-13-18(25)15-19(22)23(27-28)17-10-5-4-6-11-17/h4-6,10-11,13-16,20-21H,3,7-9,12H2,1-2H3,(H,26,29). The number of hydrogen-bond donors (Lipinski definition) is 1. The number of fused-ring (bicyclic) bond motifs is 1. The van der Waals surface area contributed by atoms with Crippen molar-refractivity contribution in [2.75, 3.05) is 0 Å². The molecule has 1 aliphatic rings. The summed E-state index contributed by atoms with van der Waals surface area (Å²) in [5.74, 6) is 0.587. The zero-order valence-electron chi connectivity index (χ0n) is 17.1. The topological polar surface area (TPSA) is 46.9 Å². The van der Waals surface area contributed by atoms with E-state index in [0.717, 1.165) is 28.6 Å². The summed E-state index contributed by atoms with van der Waals surface area (Å²) in [6, 6.07) is 15.8. The van der Waals surface area contributed by atoms with Gasteiger partial charge in [-0.2, -0.15) is 5.10 Å². The second-order valence-corrected chi connectivity index (χ2v) is 8.56. The van der Waals surface area contributed by atoms with Crippen molar-refractivity contribution in [3.05, 3.63) is 53.6 Å². The van der Waals surface area contributed by atoms with Crippen molar-refractivity contribution in [1.29, 1.82) is 0 Å². The summed E-state index contributed by atoms with van der Waals surface area (Å²) in [7, 11) is 0. The molecule has 0 radical (unpaired) electrons. The molecule has 1 aromatic heterocycles. The Kier molecular flexibility index (Phi) is 5.91. The molecular weight excluding hydrogens is 382 g/mol. The van der Waals surface area contributed by atoms with Crippen LogP contribution in [0.2, 0.25) is 5.02 Å². The lowest BCUT2D eigenvalue weighted by atomic mass is 9.86. The lowest BCUT2D eigenvalue weighted by molar-refractivity contribution is -0.125. The van der Waals surface area contributed by atoms with E-state index in [1.807, 2.05) is 60.1 Å². The zero-order valence-corrected chi connectivity index (χ0v) is 17.8. The molecule has 5 heteroatoms. The number of nitrogens with zero attached hydrogens (tertiary/aromatic N) is 2. The number of nitrogens with one attached hydrogen (secondary N) is 1. The predicted molar refractivity (Wildman–Crippen MR) is 119 cm³/mol. The Morgan fingerprint density at radius 3 is 2.69 bits per heavy atom. The third kappa shape index (κ3) is 4.04. The van der Waals surface area contributed by atoms with Crippen molar-refractivity contribution < 1.29 is 4.79 Å². The first kappa shape index (κ1) is 20.0. The summed E-state index contributed by atoms with van der Waals surface area (Å²) in [6.07, 6.45) is 5.38. The molecule has 0 saturated heterocycles. The van der Waals surface area contributed by atoms with Crippen molar-refractivity contribution in [2.24, 2.45) is 5.92 Å². The maximum Gasteiger partial charge on any atom is 0.245 e. The monoisotopic (exact) mass is 409 g/mol. The van der Waals surface area contributed by atoms with Crippen molar-refractivity contribution in [1.82, 2.24) is 15.1 Å². The predicted octanol–water partition coefficient (Wildman–Crippen LogP) is 6.00. The van der Waals surface area contributed by atoms with Crippen LogP contribution in [0.25, 0.3) is 22.2 Å². The third-order valence-corrected chi connectivity index (χ3v) is 6.37. The molecule has 4 nitrogen and oxygen atoms in total. The highest BCUT2D eigenvalue weighted by atomic mass is 35.5. The fourth-order valence-corrected chi connectivity index (χ4v) is 4.61. The van der Waals surface area contributed by atoms with Crippen molar-refractivity contribution >= 4 is 28.4 Å². The lowest BCUT2D eigenvalue weighted by Gasteiger charge is -2.31. The van der Waals surface area contributed by atoms with Crippen molar-refractivity contribution in [2.45, 2.75) is 58.0 Å². The van der Waals surface area contributed by atoms with Crippen molar-refractivity contribution in [3.8, 4) is 11.3 Å². The van der Waals surface area contributed by atoms with Crippen LogP contribution in [0.15, 0.2) is 48.5 Å². The highest BCUT2D eigenvalue weighted by Gasteiger charge is 2.28. The van der Waals surface area contributed by atoms with Crippen LogP contribution < -0.4 is 5.32 Å². The molecule has 0 aliphatic heterocycles. The summed E-state index contributed by atoms with van der Waals surface area (Å²) in [6.45, 7) is 4.28. The normalized spacial score (nSPS) is 20.5. The second-order valence-electron chi connectivity index (χ2n) is 8.12. The minimum atomic E-state index is -0.342. The molecule has 3 aromatic rings. The first-order chi connectivity index (χ1) is 14.1. The van der Waals surface area contributed by atoms with E-state index in [4.69, 9.17) is 16.7 Å². The van der Waals surface area contributed by atoms with Gasteiger partial charge in [-0.1, -0.05) is 68.6 Å². The molecule has 1 fully saturated rings. The second kappa shape index (κ2) is 8.58. The number of amides is 1. The molecule has 0 spiro atoms. The minimum absolute atomic E-state index is 0.0604. The van der Waals surface area contributed by atoms with Gasteiger partial charge in [0, 0.05) is 22.0 Å². The number of benzene rings is 2. The van der Waals surface area contributed by atoms with Gasteiger partial charge in [-0.25, -0.2) is 0 Å². The third-order valence-electron chi connectivity index (χ3n) is 6.14. The van der Waals surface area contributed by atoms with E-state index in [1.165, 1.54) is 19.3 Å². The number of carbonyl (C=O) groups is 1. The molecule has 29 heavy (non-hydrogen) atoms. The van der Waals surface area contributed by atoms with Gasteiger partial charge in [0.05, 0.1) is 5.52 Å². The molecular formula is C24H28ClN3O. The van der Waals surface area contributed by atoms with E-state index in [9.17, 15) is 4.79 Å². The SMILES string of the molecule is CCC(C(=O)NC1CCCCC1C)n1nc(-c2ccccc2)c2cc(Cl)ccc21. The Balaban J connectivity index is 1.72. The van der Waals surface area contributed by atoms with Gasteiger partial charge < -0.3 is 5.32 Å². The number of rotatable bonds is 5. The Bertz CT molecular complexity index is 998. The summed E-state index contributed by atoms with van der Waals surface area (Å²) in [4.78, 5) is 13.2. The van der Waals surface area contributed by atoms with Crippen molar-refractivity contribution in [3.63, 3.8) is 0 Å². The molecule has 152 valence electrons. The van der Waals surface area contributed by atoms with Crippen LogP contribution in [0.1, 0.15) is 52.0 Å². The van der Waals surface area contributed by atoms with E-state index in [0.29, 0.717) is 17.4 Å². The van der Waals surface area contributed by atoms with Crippen LogP contribution in [-0.4, -0.2) is 21.7 Å². The van der Waals surface area contributed by atoms with Crippen LogP contribution in [0, 0.1) is 5.92 Å². The molecule has 1 saturated carbocycles. The van der Waals surface area contributed by atoms with Gasteiger partial charge in [-0.15, -0.1) is 0 Å². The molecule has 1 aliphatic carbocycles. The highest BCUT2D eigenvalue weighted by molar-refractivity contribution is 6.31. The number of hydrogen-bond acceptors (Lipinski definition) is 2. The fourth-order valence-electron chi connectivity index (χ4n) is 4.44. The molecule has 2 aromatic carbocycles. The average Bonchev–Trinajstić information content (AvgIpc) is 3.09. The van der Waals surface area contributed by atoms with Gasteiger partial charge >= 0.3 is 0 Å². The Labute approximate surface area is 177 Å². The first-order valence-corrected chi connectivity index (χ1v) is 11.0. The molecule has 0 bridgehead atoms. The summed E-state index contributed by atoms with van der Waals surface area (Å²) in [5.41, 5.74) is 2.82. The van der Waals surface area contributed by atoms with Gasteiger partial charge in [-0.3, -0.25) is 9.48 Å². The van der Waals surface area contributed by atoms with Crippen LogP contribution >= 0.6 is 11.6 Å². The lowest BCUT2D eigenvalue weighted by Crippen LogP contribution is -2.44. The molecule has 4 rings (SSSR count). The van der Waals surface area contributed by atoms with Crippen LogP contribution in [-0.2, 0) is 4.79 Å².